The van der Waals surface area contributed by atoms with E-state index < -0.39 is 48.3 Å². The van der Waals surface area contributed by atoms with Gasteiger partial charge in [0.25, 0.3) is 0 Å². The highest BCUT2D eigenvalue weighted by Gasteiger charge is 2.51. The largest absolute Gasteiger partial charge is 0.466 e. The van der Waals surface area contributed by atoms with Crippen LogP contribution in [-0.2, 0) is 38.1 Å². The molecule has 2 N–H and O–H groups in total. The highest BCUT2D eigenvalue weighted by molar-refractivity contribution is 5.97. The number of fused-ring (bicyclic) bond motifs is 3. The first-order valence-corrected chi connectivity index (χ1v) is 14.4. The van der Waals surface area contributed by atoms with Gasteiger partial charge in [0.1, 0.15) is 12.2 Å². The Hall–Kier alpha value is -5.36. The molecule has 11 nitrogen and oxygen atoms in total. The summed E-state index contributed by atoms with van der Waals surface area (Å²) < 4.78 is 27.9. The van der Waals surface area contributed by atoms with Crippen LogP contribution in [0.5, 0.6) is 0 Å². The summed E-state index contributed by atoms with van der Waals surface area (Å²) in [6.07, 6.45) is 3.29. The van der Waals surface area contributed by atoms with Crippen molar-refractivity contribution < 1.29 is 47.7 Å². The number of methoxy groups -OCH3 is 1. The summed E-state index contributed by atoms with van der Waals surface area (Å²) in [5.41, 5.74) is 2.30. The summed E-state index contributed by atoms with van der Waals surface area (Å²) in [5, 5.41) is 3.38. The molecule has 0 bridgehead atoms. The van der Waals surface area contributed by atoms with Crippen LogP contribution in [0.25, 0.3) is 33.7 Å². The normalized spacial score (nSPS) is 20.7. The third kappa shape index (κ3) is 6.66. The molecule has 234 valence electrons. The van der Waals surface area contributed by atoms with Crippen molar-refractivity contribution in [1.82, 2.24) is 0 Å². The quantitative estimate of drug-likeness (QED) is 0.130. The summed E-state index contributed by atoms with van der Waals surface area (Å²) in [5.74, 6) is 2.68. The van der Waals surface area contributed by atoms with Gasteiger partial charge in [-0.1, -0.05) is 36.4 Å². The van der Waals surface area contributed by atoms with E-state index >= 15 is 0 Å². The number of esters is 3. The van der Waals surface area contributed by atoms with Crippen LogP contribution in [0.3, 0.4) is 0 Å². The Balaban J connectivity index is 1.06. The van der Waals surface area contributed by atoms with Gasteiger partial charge in [-0.2, -0.15) is 5.90 Å². The maximum Gasteiger partial charge on any atom is 0.349 e. The molecular formula is C35H29NO10. The number of nitrogens with two attached hydrogens (primary N) is 1. The van der Waals surface area contributed by atoms with Gasteiger partial charge < -0.3 is 28.5 Å². The monoisotopic (exact) mass is 623 g/mol. The SMILES string of the molecule is COC(=O)/C=C/c1ccc2cc(C(=O)O[C@H]3COC4C3OC[C@H]4OC(=O)c3ccc4cc(/C=C/C(=O)ON)ccc4c3)ccc2c1. The number of rotatable bonds is 8. The van der Waals surface area contributed by atoms with Crippen molar-refractivity contribution in [3.05, 3.63) is 107 Å². The van der Waals surface area contributed by atoms with Crippen LogP contribution >= 0.6 is 0 Å². The highest BCUT2D eigenvalue weighted by Crippen LogP contribution is 2.32. The number of carbonyl (C=O) groups excluding carboxylic acids is 4. The van der Waals surface area contributed by atoms with Crippen molar-refractivity contribution in [2.45, 2.75) is 24.4 Å². The minimum absolute atomic E-state index is 0.104. The molecule has 0 amide bonds. The molecule has 4 atom stereocenters. The Bertz CT molecular complexity index is 1760. The Morgan fingerprint density at radius 2 is 1.09 bits per heavy atom. The molecule has 0 aliphatic carbocycles. The van der Waals surface area contributed by atoms with E-state index in [1.807, 2.05) is 30.3 Å². The van der Waals surface area contributed by atoms with Gasteiger partial charge in [-0.25, -0.2) is 19.2 Å². The molecule has 46 heavy (non-hydrogen) atoms. The lowest BCUT2D eigenvalue weighted by Crippen LogP contribution is -2.36. The zero-order chi connectivity index (χ0) is 32.2. The Morgan fingerprint density at radius 1 is 0.652 bits per heavy atom. The molecule has 2 unspecified atom stereocenters. The molecular weight excluding hydrogens is 594 g/mol. The molecule has 0 spiro atoms. The zero-order valence-electron chi connectivity index (χ0n) is 24.6. The summed E-state index contributed by atoms with van der Waals surface area (Å²) in [7, 11) is 1.32. The molecule has 2 fully saturated rings. The molecule has 2 heterocycles. The van der Waals surface area contributed by atoms with Crippen LogP contribution in [0.2, 0.25) is 0 Å². The van der Waals surface area contributed by atoms with Gasteiger partial charge in [0.05, 0.1) is 31.5 Å². The van der Waals surface area contributed by atoms with Gasteiger partial charge >= 0.3 is 23.9 Å². The lowest BCUT2D eigenvalue weighted by molar-refractivity contribution is -0.138. The van der Waals surface area contributed by atoms with Gasteiger partial charge in [-0.05, 0) is 81.2 Å². The van der Waals surface area contributed by atoms with Crippen LogP contribution in [0.15, 0.2) is 84.9 Å². The molecule has 2 aliphatic heterocycles. The predicted octanol–water partition coefficient (Wildman–Crippen LogP) is 4.16. The van der Waals surface area contributed by atoms with Crippen LogP contribution < -0.4 is 5.90 Å². The van der Waals surface area contributed by atoms with Crippen LogP contribution in [0, 0.1) is 0 Å². The number of hydrogen-bond donors (Lipinski definition) is 1. The second kappa shape index (κ2) is 13.3. The maximum absolute atomic E-state index is 13.1. The molecule has 2 saturated heterocycles. The van der Waals surface area contributed by atoms with Crippen molar-refractivity contribution >= 4 is 57.6 Å². The first kappa shape index (κ1) is 30.7. The van der Waals surface area contributed by atoms with Crippen molar-refractivity contribution in [3.8, 4) is 0 Å². The van der Waals surface area contributed by atoms with Crippen LogP contribution in [-0.4, -0.2) is 68.6 Å². The molecule has 2 aliphatic rings. The Morgan fingerprint density at radius 3 is 1.54 bits per heavy atom. The fraction of sp³-hybridized carbons (Fsp3) is 0.200. The molecule has 0 aromatic heterocycles. The third-order valence-corrected chi connectivity index (χ3v) is 7.82. The first-order chi connectivity index (χ1) is 22.3. The molecule has 11 heteroatoms. The van der Waals surface area contributed by atoms with Crippen LogP contribution in [0.1, 0.15) is 31.8 Å². The molecule has 4 aromatic rings. The van der Waals surface area contributed by atoms with Gasteiger partial charge in [0.15, 0.2) is 12.2 Å². The minimum Gasteiger partial charge on any atom is -0.466 e. The topological polar surface area (TPSA) is 150 Å². The highest BCUT2D eigenvalue weighted by atomic mass is 16.7. The number of hydrogen-bond acceptors (Lipinski definition) is 11. The average Bonchev–Trinajstić information content (AvgIpc) is 3.67. The van der Waals surface area contributed by atoms with Crippen molar-refractivity contribution in [2.24, 2.45) is 5.90 Å². The van der Waals surface area contributed by atoms with Gasteiger partial charge in [-0.3, -0.25) is 0 Å². The van der Waals surface area contributed by atoms with E-state index in [0.29, 0.717) is 11.1 Å². The third-order valence-electron chi connectivity index (χ3n) is 7.82. The van der Waals surface area contributed by atoms with Crippen molar-refractivity contribution in [1.29, 1.82) is 0 Å². The lowest BCUT2D eigenvalue weighted by Gasteiger charge is -2.17. The maximum atomic E-state index is 13.1. The fourth-order valence-electron chi connectivity index (χ4n) is 5.47. The van der Waals surface area contributed by atoms with Crippen molar-refractivity contribution in [3.63, 3.8) is 0 Å². The number of benzene rings is 4. The second-order valence-corrected chi connectivity index (χ2v) is 10.8. The Kier molecular flexibility index (Phi) is 8.88. The van der Waals surface area contributed by atoms with Gasteiger partial charge in [0.2, 0.25) is 0 Å². The molecule has 4 aromatic carbocycles. The standard InChI is InChI=1S/C35H29NO10/c1-41-30(37)12-4-20-2-6-24-16-26(10-8-22(24)14-20)34(39)44-28-18-42-33-29(19-43-32(28)33)45-35(40)27-11-9-23-15-21(3-7-25(23)17-27)5-13-31(38)46-36/h2-17,28-29,32-33H,18-19,36H2,1H3/b12-4+,13-5+/t28-,29+,32?,33?/m0/s1. The van der Waals surface area contributed by atoms with E-state index in [1.165, 1.54) is 19.3 Å². The van der Waals surface area contributed by atoms with E-state index in [-0.39, 0.29) is 13.2 Å². The van der Waals surface area contributed by atoms with E-state index in [9.17, 15) is 19.2 Å². The summed E-state index contributed by atoms with van der Waals surface area (Å²) >= 11 is 0. The lowest BCUT2D eigenvalue weighted by atomic mass is 10.0. The van der Waals surface area contributed by atoms with Crippen LogP contribution in [0.4, 0.5) is 0 Å². The van der Waals surface area contributed by atoms with Gasteiger partial charge in [0, 0.05) is 12.2 Å². The second-order valence-electron chi connectivity index (χ2n) is 10.8. The predicted molar refractivity (Wildman–Crippen MR) is 166 cm³/mol. The smallest absolute Gasteiger partial charge is 0.349 e. The van der Waals surface area contributed by atoms with E-state index in [0.717, 1.165) is 32.7 Å². The summed E-state index contributed by atoms with van der Waals surface area (Å²) in [6.45, 7) is 0.209. The number of carbonyl (C=O) groups is 4. The zero-order valence-corrected chi connectivity index (χ0v) is 24.6. The fourth-order valence-corrected chi connectivity index (χ4v) is 5.47. The molecule has 0 saturated carbocycles. The molecule has 0 radical (unpaired) electrons. The van der Waals surface area contributed by atoms with Gasteiger partial charge in [-0.15, -0.1) is 0 Å². The van der Waals surface area contributed by atoms with E-state index in [4.69, 9.17) is 24.8 Å². The summed E-state index contributed by atoms with van der Waals surface area (Å²) in [4.78, 5) is 52.8. The first-order valence-electron chi connectivity index (χ1n) is 14.4. The summed E-state index contributed by atoms with van der Waals surface area (Å²) in [6, 6.07) is 21.4. The van der Waals surface area contributed by atoms with Crippen molar-refractivity contribution in [2.75, 3.05) is 20.3 Å². The number of ether oxygens (including phenoxy) is 5. The van der Waals surface area contributed by atoms with E-state index in [1.54, 1.807) is 54.6 Å². The Labute approximate surface area is 263 Å². The average molecular weight is 624 g/mol. The van der Waals surface area contributed by atoms with E-state index in [2.05, 4.69) is 9.57 Å². The minimum atomic E-state index is -0.671. The molecule has 6 rings (SSSR count).